The number of carbonyl (C=O) groups is 1. The predicted molar refractivity (Wildman–Crippen MR) is 97.7 cm³/mol. The summed E-state index contributed by atoms with van der Waals surface area (Å²) in [7, 11) is 0. The number of aliphatic hydroxyl groups excluding tert-OH is 1. The van der Waals surface area contributed by atoms with Crippen molar-refractivity contribution in [1.82, 2.24) is 5.32 Å². The molecule has 0 amide bonds. The summed E-state index contributed by atoms with van der Waals surface area (Å²) in [6.45, 7) is 3.78. The van der Waals surface area contributed by atoms with Crippen LogP contribution in [0.5, 0.6) is 0 Å². The van der Waals surface area contributed by atoms with E-state index in [0.717, 1.165) is 25.7 Å². The zero-order valence-corrected chi connectivity index (χ0v) is 15.5. The predicted octanol–water partition coefficient (Wildman–Crippen LogP) is 4.76. The van der Waals surface area contributed by atoms with E-state index in [2.05, 4.69) is 12.2 Å². The van der Waals surface area contributed by atoms with Crippen LogP contribution >= 0.6 is 0 Å². The van der Waals surface area contributed by atoms with Crippen molar-refractivity contribution >= 4 is 5.78 Å². The number of rotatable bonds is 13. The first-order chi connectivity index (χ1) is 11.1. The number of ketones is 1. The molecular weight excluding hydrogens is 286 g/mol. The van der Waals surface area contributed by atoms with Crippen LogP contribution in [0.2, 0.25) is 0 Å². The molecule has 1 fully saturated rings. The normalized spacial score (nSPS) is 24.7. The first-order valence-corrected chi connectivity index (χ1v) is 10.0. The zero-order chi connectivity index (χ0) is 16.9. The second-order valence-corrected chi connectivity index (χ2v) is 7.57. The molecule has 0 saturated carbocycles. The van der Waals surface area contributed by atoms with E-state index in [1.54, 1.807) is 6.92 Å². The van der Waals surface area contributed by atoms with Crippen molar-refractivity contribution in [2.45, 2.75) is 122 Å². The summed E-state index contributed by atoms with van der Waals surface area (Å²) in [6, 6.07) is 0.896. The lowest BCUT2D eigenvalue weighted by atomic mass is 9.93. The van der Waals surface area contributed by atoms with Gasteiger partial charge in [0.1, 0.15) is 5.78 Å². The minimum atomic E-state index is -0.145. The van der Waals surface area contributed by atoms with Crippen molar-refractivity contribution in [2.75, 3.05) is 0 Å². The lowest BCUT2D eigenvalue weighted by Crippen LogP contribution is -2.48. The first kappa shape index (κ1) is 20.6. The molecule has 23 heavy (non-hydrogen) atoms. The third-order valence-electron chi connectivity index (χ3n) is 5.22. The number of piperidine rings is 1. The van der Waals surface area contributed by atoms with Gasteiger partial charge in [-0.05, 0) is 39.5 Å². The molecule has 0 aromatic carbocycles. The van der Waals surface area contributed by atoms with Crippen molar-refractivity contribution in [1.29, 1.82) is 0 Å². The highest BCUT2D eigenvalue weighted by Gasteiger charge is 2.24. The van der Waals surface area contributed by atoms with Crippen LogP contribution in [0.4, 0.5) is 0 Å². The summed E-state index contributed by atoms with van der Waals surface area (Å²) in [6.07, 6.45) is 17.1. The maximum absolute atomic E-state index is 10.8. The van der Waals surface area contributed by atoms with E-state index < -0.39 is 0 Å². The molecule has 3 heteroatoms. The lowest BCUT2D eigenvalue weighted by Gasteiger charge is -2.32. The van der Waals surface area contributed by atoms with Gasteiger partial charge in [0.2, 0.25) is 0 Å². The summed E-state index contributed by atoms with van der Waals surface area (Å²) in [5, 5.41) is 13.2. The topological polar surface area (TPSA) is 49.3 Å². The van der Waals surface area contributed by atoms with E-state index in [0.29, 0.717) is 11.8 Å². The number of aliphatic hydroxyl groups is 1. The van der Waals surface area contributed by atoms with E-state index in [-0.39, 0.29) is 12.1 Å². The van der Waals surface area contributed by atoms with E-state index in [9.17, 15) is 9.90 Å². The fraction of sp³-hybridized carbons (Fsp3) is 0.950. The second-order valence-electron chi connectivity index (χ2n) is 7.57. The van der Waals surface area contributed by atoms with Gasteiger partial charge in [0.25, 0.3) is 0 Å². The molecular formula is C20H39NO2. The van der Waals surface area contributed by atoms with Crippen molar-refractivity contribution in [3.63, 3.8) is 0 Å². The summed E-state index contributed by atoms with van der Waals surface area (Å²) in [5.41, 5.74) is 0. The Kier molecular flexibility index (Phi) is 11.6. The second kappa shape index (κ2) is 12.9. The Bertz CT molecular complexity index is 306. The monoisotopic (exact) mass is 325 g/mol. The Labute approximate surface area is 143 Å². The summed E-state index contributed by atoms with van der Waals surface area (Å²) < 4.78 is 0. The molecule has 0 aromatic heterocycles. The van der Waals surface area contributed by atoms with Gasteiger partial charge in [-0.15, -0.1) is 0 Å². The highest BCUT2D eigenvalue weighted by atomic mass is 16.3. The molecule has 1 aliphatic rings. The molecule has 0 spiro atoms. The number of hydrogen-bond donors (Lipinski definition) is 2. The molecule has 0 aromatic rings. The molecule has 0 aliphatic carbocycles. The fourth-order valence-electron chi connectivity index (χ4n) is 3.59. The first-order valence-electron chi connectivity index (χ1n) is 10.0. The van der Waals surface area contributed by atoms with Crippen molar-refractivity contribution in [3.8, 4) is 0 Å². The highest BCUT2D eigenvalue weighted by molar-refractivity contribution is 5.75. The minimum Gasteiger partial charge on any atom is -0.392 e. The Morgan fingerprint density at radius 1 is 0.913 bits per heavy atom. The van der Waals surface area contributed by atoms with Gasteiger partial charge in [-0.25, -0.2) is 0 Å². The third-order valence-corrected chi connectivity index (χ3v) is 5.22. The smallest absolute Gasteiger partial charge is 0.129 e. The van der Waals surface area contributed by atoms with Gasteiger partial charge in [-0.1, -0.05) is 57.8 Å². The van der Waals surface area contributed by atoms with Gasteiger partial charge < -0.3 is 15.2 Å². The van der Waals surface area contributed by atoms with Crippen LogP contribution in [0.1, 0.15) is 104 Å². The molecule has 3 atom stereocenters. The van der Waals surface area contributed by atoms with E-state index in [1.807, 2.05) is 0 Å². The average molecular weight is 326 g/mol. The zero-order valence-electron chi connectivity index (χ0n) is 15.5. The van der Waals surface area contributed by atoms with Crippen LogP contribution in [0, 0.1) is 0 Å². The van der Waals surface area contributed by atoms with Gasteiger partial charge >= 0.3 is 0 Å². The minimum absolute atomic E-state index is 0.145. The Morgan fingerprint density at radius 2 is 1.43 bits per heavy atom. The van der Waals surface area contributed by atoms with Crippen molar-refractivity contribution in [2.24, 2.45) is 0 Å². The van der Waals surface area contributed by atoms with Crippen LogP contribution in [0.15, 0.2) is 0 Å². The fourth-order valence-corrected chi connectivity index (χ4v) is 3.59. The SMILES string of the molecule is CC(=O)CCCCCCCCCCCC[C@@H]1CC[C@H](O)[C@H](C)N1. The van der Waals surface area contributed by atoms with Gasteiger partial charge in [-0.2, -0.15) is 0 Å². The standard InChI is InChI=1S/C20H39NO2/c1-17(22)13-11-9-7-5-3-4-6-8-10-12-14-19-15-16-20(23)18(2)21-19/h18-21,23H,3-16H2,1-2H3/t18-,19+,20-/m0/s1. The van der Waals surface area contributed by atoms with E-state index >= 15 is 0 Å². The molecule has 1 aliphatic heterocycles. The largest absolute Gasteiger partial charge is 0.392 e. The number of unbranched alkanes of at least 4 members (excludes halogenated alkanes) is 9. The lowest BCUT2D eigenvalue weighted by molar-refractivity contribution is -0.117. The van der Waals surface area contributed by atoms with Gasteiger partial charge in [0, 0.05) is 18.5 Å². The molecule has 1 rings (SSSR count). The Hall–Kier alpha value is -0.410. The highest BCUT2D eigenvalue weighted by Crippen LogP contribution is 2.18. The quantitative estimate of drug-likeness (QED) is 0.480. The Morgan fingerprint density at radius 3 is 1.96 bits per heavy atom. The van der Waals surface area contributed by atoms with Gasteiger partial charge in [-0.3, -0.25) is 0 Å². The van der Waals surface area contributed by atoms with E-state index in [4.69, 9.17) is 0 Å². The van der Waals surface area contributed by atoms with Crippen LogP contribution in [0.3, 0.4) is 0 Å². The number of carbonyl (C=O) groups excluding carboxylic acids is 1. The van der Waals surface area contributed by atoms with Gasteiger partial charge in [0.05, 0.1) is 6.10 Å². The van der Waals surface area contributed by atoms with Crippen LogP contribution in [-0.4, -0.2) is 29.1 Å². The summed E-state index contributed by atoms with van der Waals surface area (Å²) in [5.74, 6) is 0.332. The van der Waals surface area contributed by atoms with Crippen LogP contribution in [0.25, 0.3) is 0 Å². The van der Waals surface area contributed by atoms with Gasteiger partial charge in [0.15, 0.2) is 0 Å². The third kappa shape index (κ3) is 10.9. The molecule has 1 saturated heterocycles. The number of Topliss-reactive ketones (excluding diaryl/α,β-unsaturated/α-hetero) is 1. The molecule has 136 valence electrons. The molecule has 2 N–H and O–H groups in total. The average Bonchev–Trinajstić information content (AvgIpc) is 2.51. The molecule has 0 bridgehead atoms. The van der Waals surface area contributed by atoms with Crippen LogP contribution < -0.4 is 5.32 Å². The molecule has 0 radical (unpaired) electrons. The maximum Gasteiger partial charge on any atom is 0.129 e. The maximum atomic E-state index is 10.8. The molecule has 3 nitrogen and oxygen atoms in total. The molecule has 1 heterocycles. The Balaban J connectivity index is 1.79. The number of nitrogens with one attached hydrogen (secondary N) is 1. The van der Waals surface area contributed by atoms with Crippen molar-refractivity contribution < 1.29 is 9.90 Å². The van der Waals surface area contributed by atoms with Crippen molar-refractivity contribution in [3.05, 3.63) is 0 Å². The molecule has 0 unspecified atom stereocenters. The number of hydrogen-bond acceptors (Lipinski definition) is 3. The summed E-state index contributed by atoms with van der Waals surface area (Å²) in [4.78, 5) is 10.8. The van der Waals surface area contributed by atoms with E-state index in [1.165, 1.54) is 64.2 Å². The summed E-state index contributed by atoms with van der Waals surface area (Å²) >= 11 is 0. The van der Waals surface area contributed by atoms with Crippen LogP contribution in [-0.2, 0) is 4.79 Å².